The van der Waals surface area contributed by atoms with Gasteiger partial charge in [0, 0.05) is 18.7 Å². The summed E-state index contributed by atoms with van der Waals surface area (Å²) in [5.74, 6) is 0.869. The molecule has 1 aliphatic rings. The fourth-order valence-corrected chi connectivity index (χ4v) is 3.18. The molecule has 1 atom stereocenters. The molecule has 0 saturated carbocycles. The zero-order valence-corrected chi connectivity index (χ0v) is 13.7. The average Bonchev–Trinajstić information content (AvgIpc) is 3.14. The number of amides is 1. The minimum absolute atomic E-state index is 0.0457. The summed E-state index contributed by atoms with van der Waals surface area (Å²) in [5.41, 5.74) is 3.07. The molecule has 5 nitrogen and oxygen atoms in total. The summed E-state index contributed by atoms with van der Waals surface area (Å²) >= 11 is 0. The van der Waals surface area contributed by atoms with E-state index in [-0.39, 0.29) is 11.9 Å². The van der Waals surface area contributed by atoms with Gasteiger partial charge >= 0.3 is 0 Å². The maximum absolute atomic E-state index is 12.6. The lowest BCUT2D eigenvalue weighted by molar-refractivity contribution is -0.125. The van der Waals surface area contributed by atoms with E-state index in [1.165, 1.54) is 5.56 Å². The quantitative estimate of drug-likeness (QED) is 0.922. The second-order valence-electron chi connectivity index (χ2n) is 6.13. The monoisotopic (exact) mass is 313 g/mol. The molecule has 122 valence electrons. The third kappa shape index (κ3) is 3.62. The van der Waals surface area contributed by atoms with Gasteiger partial charge in [0.2, 0.25) is 5.91 Å². The number of hydrogen-bond acceptors (Lipinski definition) is 4. The van der Waals surface area contributed by atoms with E-state index in [0.717, 1.165) is 42.9 Å². The largest absolute Gasteiger partial charge is 0.361 e. The Morgan fingerprint density at radius 1 is 1.35 bits per heavy atom. The van der Waals surface area contributed by atoms with E-state index in [0.29, 0.717) is 6.54 Å². The Morgan fingerprint density at radius 3 is 2.83 bits per heavy atom. The molecule has 3 rings (SSSR count). The first-order valence-electron chi connectivity index (χ1n) is 8.12. The molecule has 0 aliphatic carbocycles. The number of nitrogens with zero attached hydrogens (tertiary/aromatic N) is 2. The third-order valence-corrected chi connectivity index (χ3v) is 4.52. The van der Waals surface area contributed by atoms with Gasteiger partial charge in [0.1, 0.15) is 5.76 Å². The Hall–Kier alpha value is -2.14. The first-order valence-corrected chi connectivity index (χ1v) is 8.12. The summed E-state index contributed by atoms with van der Waals surface area (Å²) in [6, 6.07) is 10.3. The Labute approximate surface area is 136 Å². The van der Waals surface area contributed by atoms with Crippen LogP contribution in [0.4, 0.5) is 0 Å². The maximum Gasteiger partial charge on any atom is 0.237 e. The number of hydrogen-bond donors (Lipinski definition) is 1. The summed E-state index contributed by atoms with van der Waals surface area (Å²) < 4.78 is 5.14. The van der Waals surface area contributed by atoms with Crippen LogP contribution < -0.4 is 5.32 Å². The molecule has 0 radical (unpaired) electrons. The molecule has 5 heteroatoms. The van der Waals surface area contributed by atoms with Crippen LogP contribution in [0.2, 0.25) is 0 Å². The lowest BCUT2D eigenvalue weighted by Crippen LogP contribution is -2.42. The first kappa shape index (κ1) is 15.7. The molecular formula is C18H23N3O2. The molecule has 0 bridgehead atoms. The lowest BCUT2D eigenvalue weighted by Gasteiger charge is -2.23. The van der Waals surface area contributed by atoms with Crippen LogP contribution in [0.5, 0.6) is 0 Å². The Kier molecular flexibility index (Phi) is 4.76. The Balaban J connectivity index is 1.60. The smallest absolute Gasteiger partial charge is 0.237 e. The van der Waals surface area contributed by atoms with E-state index in [4.69, 9.17) is 4.52 Å². The summed E-state index contributed by atoms with van der Waals surface area (Å²) in [5, 5.41) is 6.97. The van der Waals surface area contributed by atoms with Gasteiger partial charge in [-0.1, -0.05) is 35.5 Å². The van der Waals surface area contributed by atoms with E-state index >= 15 is 0 Å². The normalized spacial score (nSPS) is 18.3. The number of likely N-dealkylation sites (tertiary alicyclic amines) is 1. The van der Waals surface area contributed by atoms with Crippen LogP contribution in [0.15, 0.2) is 34.9 Å². The van der Waals surface area contributed by atoms with Crippen LogP contribution in [0.1, 0.15) is 35.4 Å². The number of aryl methyl sites for hydroxylation is 2. The fraction of sp³-hybridized carbons (Fsp3) is 0.444. The molecule has 2 aromatic rings. The standard InChI is InChI=1S/C18H23N3O2/c1-13-16(14(2)23-20-13)11-19-18(22)17-9-6-10-21(17)12-15-7-4-3-5-8-15/h3-5,7-8,17H,6,9-12H2,1-2H3,(H,19,22). The second kappa shape index (κ2) is 6.96. The van der Waals surface area contributed by atoms with Crippen LogP contribution >= 0.6 is 0 Å². The van der Waals surface area contributed by atoms with Gasteiger partial charge in [0.25, 0.3) is 0 Å². The molecule has 1 aliphatic heterocycles. The van der Waals surface area contributed by atoms with Crippen molar-refractivity contribution >= 4 is 5.91 Å². The maximum atomic E-state index is 12.6. The van der Waals surface area contributed by atoms with Crippen molar-refractivity contribution in [1.29, 1.82) is 0 Å². The van der Waals surface area contributed by atoms with E-state index in [1.807, 2.05) is 32.0 Å². The van der Waals surface area contributed by atoms with Crippen molar-refractivity contribution in [2.45, 2.75) is 45.8 Å². The molecule has 1 aromatic heterocycles. The lowest BCUT2D eigenvalue weighted by atomic mass is 10.1. The summed E-state index contributed by atoms with van der Waals surface area (Å²) in [4.78, 5) is 14.8. The predicted octanol–water partition coefficient (Wildman–Crippen LogP) is 2.57. The predicted molar refractivity (Wildman–Crippen MR) is 87.7 cm³/mol. The van der Waals surface area contributed by atoms with Gasteiger partial charge in [-0.2, -0.15) is 0 Å². The van der Waals surface area contributed by atoms with Gasteiger partial charge in [-0.15, -0.1) is 0 Å². The van der Waals surface area contributed by atoms with Crippen LogP contribution in [-0.2, 0) is 17.9 Å². The molecule has 1 amide bonds. The number of carbonyl (C=O) groups excluding carboxylic acids is 1. The fourth-order valence-electron chi connectivity index (χ4n) is 3.18. The Morgan fingerprint density at radius 2 is 2.13 bits per heavy atom. The topological polar surface area (TPSA) is 58.4 Å². The highest BCUT2D eigenvalue weighted by molar-refractivity contribution is 5.82. The van der Waals surface area contributed by atoms with Crippen molar-refractivity contribution in [3.8, 4) is 0 Å². The highest BCUT2D eigenvalue weighted by Crippen LogP contribution is 2.20. The number of nitrogens with one attached hydrogen (secondary N) is 1. The van der Waals surface area contributed by atoms with Crippen LogP contribution in [0.25, 0.3) is 0 Å². The Bertz CT molecular complexity index is 647. The van der Waals surface area contributed by atoms with Crippen molar-refractivity contribution in [1.82, 2.24) is 15.4 Å². The second-order valence-corrected chi connectivity index (χ2v) is 6.13. The highest BCUT2D eigenvalue weighted by atomic mass is 16.5. The molecule has 1 aromatic carbocycles. The number of aromatic nitrogens is 1. The molecule has 23 heavy (non-hydrogen) atoms. The van der Waals surface area contributed by atoms with Gasteiger partial charge in [0.15, 0.2) is 0 Å². The van der Waals surface area contributed by atoms with E-state index < -0.39 is 0 Å². The molecule has 1 N–H and O–H groups in total. The summed E-state index contributed by atoms with van der Waals surface area (Å²) in [6.45, 7) is 6.05. The molecular weight excluding hydrogens is 290 g/mol. The van der Waals surface area contributed by atoms with Gasteiger partial charge in [-0.3, -0.25) is 9.69 Å². The molecule has 0 spiro atoms. The van der Waals surface area contributed by atoms with Crippen LogP contribution in [-0.4, -0.2) is 28.6 Å². The van der Waals surface area contributed by atoms with Gasteiger partial charge in [-0.25, -0.2) is 0 Å². The zero-order chi connectivity index (χ0) is 16.2. The molecule has 2 heterocycles. The minimum Gasteiger partial charge on any atom is -0.361 e. The zero-order valence-electron chi connectivity index (χ0n) is 13.7. The SMILES string of the molecule is Cc1noc(C)c1CNC(=O)C1CCCN1Cc1ccccc1. The molecule has 1 fully saturated rings. The molecule has 1 saturated heterocycles. The van der Waals surface area contributed by atoms with E-state index in [9.17, 15) is 4.79 Å². The number of benzene rings is 1. The number of carbonyl (C=O) groups is 1. The third-order valence-electron chi connectivity index (χ3n) is 4.52. The van der Waals surface area contributed by atoms with Crippen molar-refractivity contribution in [3.05, 3.63) is 52.9 Å². The van der Waals surface area contributed by atoms with Crippen molar-refractivity contribution in [2.24, 2.45) is 0 Å². The molecule has 1 unspecified atom stereocenters. The summed E-state index contributed by atoms with van der Waals surface area (Å²) in [7, 11) is 0. The van der Waals surface area contributed by atoms with Gasteiger partial charge in [-0.05, 0) is 38.8 Å². The highest BCUT2D eigenvalue weighted by Gasteiger charge is 2.30. The van der Waals surface area contributed by atoms with Gasteiger partial charge < -0.3 is 9.84 Å². The van der Waals surface area contributed by atoms with Gasteiger partial charge in [0.05, 0.1) is 11.7 Å². The number of rotatable bonds is 5. The minimum atomic E-state index is -0.0457. The average molecular weight is 313 g/mol. The summed E-state index contributed by atoms with van der Waals surface area (Å²) in [6.07, 6.45) is 1.98. The van der Waals surface area contributed by atoms with Crippen LogP contribution in [0.3, 0.4) is 0 Å². The van der Waals surface area contributed by atoms with Crippen molar-refractivity contribution < 1.29 is 9.32 Å². The first-order chi connectivity index (χ1) is 11.1. The van der Waals surface area contributed by atoms with E-state index in [1.54, 1.807) is 0 Å². The van der Waals surface area contributed by atoms with E-state index in [2.05, 4.69) is 27.5 Å². The van der Waals surface area contributed by atoms with Crippen LogP contribution in [0, 0.1) is 13.8 Å². The van der Waals surface area contributed by atoms with Crippen molar-refractivity contribution in [3.63, 3.8) is 0 Å². The van der Waals surface area contributed by atoms with Crippen molar-refractivity contribution in [2.75, 3.05) is 6.54 Å².